The van der Waals surface area contributed by atoms with Gasteiger partial charge in [0.15, 0.2) is 0 Å². The van der Waals surface area contributed by atoms with E-state index >= 15 is 0 Å². The number of hydrogen-bond acceptors (Lipinski definition) is 4. The zero-order chi connectivity index (χ0) is 18.8. The molecule has 126 valence electrons. The molecule has 0 saturated carbocycles. The highest BCUT2D eigenvalue weighted by Gasteiger charge is 2.18. The lowest BCUT2D eigenvalue weighted by Gasteiger charge is -2.10. The minimum atomic E-state index is -0.704. The van der Waals surface area contributed by atoms with Gasteiger partial charge in [0.1, 0.15) is 40.7 Å². The zero-order valence-corrected chi connectivity index (χ0v) is 13.2. The molecule has 0 saturated heterocycles. The number of pyridine rings is 1. The molecule has 0 bridgehead atoms. The van der Waals surface area contributed by atoms with Crippen molar-refractivity contribution in [3.63, 3.8) is 0 Å². The molecule has 26 heavy (non-hydrogen) atoms. The highest BCUT2D eigenvalue weighted by molar-refractivity contribution is 5.81. The highest BCUT2D eigenvalue weighted by Crippen LogP contribution is 2.30. The van der Waals surface area contributed by atoms with Gasteiger partial charge in [-0.15, -0.1) is 0 Å². The third-order valence-electron chi connectivity index (χ3n) is 3.84. The van der Waals surface area contributed by atoms with Crippen molar-refractivity contribution in [2.24, 2.45) is 0 Å². The van der Waals surface area contributed by atoms with E-state index in [0.29, 0.717) is 16.7 Å². The maximum atomic E-state index is 13.4. The zero-order valence-electron chi connectivity index (χ0n) is 13.2. The van der Waals surface area contributed by atoms with Crippen LogP contribution in [0.4, 0.5) is 14.6 Å². The summed E-state index contributed by atoms with van der Waals surface area (Å²) in [5, 5.41) is 18.6. The monoisotopic (exact) mass is 348 g/mol. The third-order valence-corrected chi connectivity index (χ3v) is 3.84. The number of rotatable bonds is 2. The number of nitrogen functional groups attached to an aromatic ring is 1. The summed E-state index contributed by atoms with van der Waals surface area (Å²) in [6, 6.07) is 13.0. The fourth-order valence-electron chi connectivity index (χ4n) is 2.68. The van der Waals surface area contributed by atoms with Crippen molar-refractivity contribution < 1.29 is 8.78 Å². The summed E-state index contributed by atoms with van der Waals surface area (Å²) >= 11 is 0. The summed E-state index contributed by atoms with van der Waals surface area (Å²) in [7, 11) is 0. The average molecular weight is 348 g/mol. The van der Waals surface area contributed by atoms with Gasteiger partial charge in [-0.1, -0.05) is 24.3 Å². The van der Waals surface area contributed by atoms with E-state index in [9.17, 15) is 24.1 Å². The van der Waals surface area contributed by atoms with E-state index in [1.807, 2.05) is 6.07 Å². The number of anilines is 1. The van der Waals surface area contributed by atoms with E-state index in [1.165, 1.54) is 12.1 Å². The van der Waals surface area contributed by atoms with Gasteiger partial charge >= 0.3 is 0 Å². The lowest BCUT2D eigenvalue weighted by molar-refractivity contribution is 0.584. The van der Waals surface area contributed by atoms with Gasteiger partial charge in [-0.25, -0.2) is 8.78 Å². The van der Waals surface area contributed by atoms with Crippen molar-refractivity contribution in [3.8, 4) is 34.4 Å². The van der Waals surface area contributed by atoms with Crippen molar-refractivity contribution in [2.45, 2.75) is 0 Å². The van der Waals surface area contributed by atoms with Gasteiger partial charge in [0.05, 0.1) is 0 Å². The number of aromatic nitrogens is 1. The Morgan fingerprint density at radius 1 is 0.846 bits per heavy atom. The van der Waals surface area contributed by atoms with Crippen LogP contribution in [0.3, 0.4) is 0 Å². The first kappa shape index (κ1) is 16.9. The van der Waals surface area contributed by atoms with Gasteiger partial charge < -0.3 is 10.7 Å². The first-order valence-electron chi connectivity index (χ1n) is 7.37. The number of nitriles is 2. The number of nitrogens with one attached hydrogen (secondary N) is 1. The highest BCUT2D eigenvalue weighted by atomic mass is 19.1. The summed E-state index contributed by atoms with van der Waals surface area (Å²) in [5.41, 5.74) is 6.12. The lowest BCUT2D eigenvalue weighted by Crippen LogP contribution is -2.16. The van der Waals surface area contributed by atoms with Crippen LogP contribution >= 0.6 is 0 Å². The molecule has 3 aromatic rings. The number of nitrogens with two attached hydrogens (primary N) is 1. The Morgan fingerprint density at radius 3 is 1.92 bits per heavy atom. The summed E-state index contributed by atoms with van der Waals surface area (Å²) in [5.74, 6) is -1.54. The second kappa shape index (κ2) is 6.50. The number of benzene rings is 2. The Hall–Kier alpha value is -3.97. The molecule has 5 nitrogen and oxygen atoms in total. The molecule has 7 heteroatoms. The van der Waals surface area contributed by atoms with E-state index in [1.54, 1.807) is 30.3 Å². The molecule has 0 aliphatic rings. The van der Waals surface area contributed by atoms with Crippen molar-refractivity contribution >= 4 is 5.82 Å². The van der Waals surface area contributed by atoms with Crippen LogP contribution in [0, 0.1) is 34.3 Å². The number of hydrogen-bond donors (Lipinski definition) is 2. The Morgan fingerprint density at radius 2 is 1.38 bits per heavy atom. The van der Waals surface area contributed by atoms with Gasteiger partial charge in [-0.05, 0) is 28.8 Å². The molecule has 0 radical (unpaired) electrons. The Balaban J connectivity index is 2.18. The van der Waals surface area contributed by atoms with Crippen LogP contribution in [0.15, 0.2) is 47.3 Å². The second-order valence-corrected chi connectivity index (χ2v) is 5.45. The Bertz CT molecular complexity index is 1130. The van der Waals surface area contributed by atoms with E-state index in [0.717, 1.165) is 6.07 Å². The second-order valence-electron chi connectivity index (χ2n) is 5.45. The third kappa shape index (κ3) is 2.90. The molecule has 0 unspecified atom stereocenters. The SMILES string of the molecule is N#Cc1c(N)[nH]c(=O)c(C#N)c1-c1ccc(-c2cc(F)cc(F)c2)cc1. The van der Waals surface area contributed by atoms with E-state index < -0.39 is 17.2 Å². The van der Waals surface area contributed by atoms with Crippen LogP contribution in [-0.2, 0) is 0 Å². The molecule has 0 aliphatic heterocycles. The maximum Gasteiger partial charge on any atom is 0.268 e. The smallest absolute Gasteiger partial charge is 0.268 e. The average Bonchev–Trinajstić information content (AvgIpc) is 2.60. The predicted molar refractivity (Wildman–Crippen MR) is 91.7 cm³/mol. The number of nitrogens with zero attached hydrogens (tertiary/aromatic N) is 2. The van der Waals surface area contributed by atoms with Crippen LogP contribution in [0.2, 0.25) is 0 Å². The van der Waals surface area contributed by atoms with E-state index in [2.05, 4.69) is 4.98 Å². The summed E-state index contributed by atoms with van der Waals surface area (Å²) in [4.78, 5) is 14.2. The van der Waals surface area contributed by atoms with Gasteiger partial charge in [0, 0.05) is 11.6 Å². The molecular weight excluding hydrogens is 338 g/mol. The van der Waals surface area contributed by atoms with E-state index in [4.69, 9.17) is 5.73 Å². The quantitative estimate of drug-likeness (QED) is 0.741. The molecule has 0 fully saturated rings. The van der Waals surface area contributed by atoms with Crippen LogP contribution in [0.25, 0.3) is 22.3 Å². The maximum absolute atomic E-state index is 13.4. The van der Waals surface area contributed by atoms with Crippen LogP contribution in [-0.4, -0.2) is 4.98 Å². The molecule has 1 aromatic heterocycles. The Kier molecular flexibility index (Phi) is 4.22. The van der Waals surface area contributed by atoms with Gasteiger partial charge in [0.2, 0.25) is 0 Å². The lowest BCUT2D eigenvalue weighted by atomic mass is 9.94. The van der Waals surface area contributed by atoms with Crippen LogP contribution in [0.5, 0.6) is 0 Å². The largest absolute Gasteiger partial charge is 0.384 e. The van der Waals surface area contributed by atoms with Crippen LogP contribution in [0.1, 0.15) is 11.1 Å². The number of aromatic amines is 1. The number of halogens is 2. The molecule has 0 atom stereocenters. The van der Waals surface area contributed by atoms with Gasteiger partial charge in [-0.3, -0.25) is 4.79 Å². The molecule has 0 aliphatic carbocycles. The fraction of sp³-hybridized carbons (Fsp3) is 0. The standard InChI is InChI=1S/C19H10F2N4O/c20-13-5-12(6-14(21)7-13)10-1-3-11(4-2-10)17-15(8-22)18(24)25-19(26)16(17)9-23/h1-7H,(H3,24,25,26). The van der Waals surface area contributed by atoms with Crippen molar-refractivity contribution in [1.82, 2.24) is 4.98 Å². The van der Waals surface area contributed by atoms with Gasteiger partial charge in [0.25, 0.3) is 5.56 Å². The van der Waals surface area contributed by atoms with Crippen LogP contribution < -0.4 is 11.3 Å². The normalized spacial score (nSPS) is 10.2. The van der Waals surface area contributed by atoms with E-state index in [-0.39, 0.29) is 22.5 Å². The number of H-pyrrole nitrogens is 1. The molecule has 0 spiro atoms. The van der Waals surface area contributed by atoms with Crippen molar-refractivity contribution in [1.29, 1.82) is 10.5 Å². The Labute approximate surface area is 146 Å². The molecule has 3 rings (SSSR count). The van der Waals surface area contributed by atoms with Crippen molar-refractivity contribution in [3.05, 3.63) is 75.6 Å². The summed E-state index contributed by atoms with van der Waals surface area (Å²) in [6.07, 6.45) is 0. The summed E-state index contributed by atoms with van der Waals surface area (Å²) in [6.45, 7) is 0. The molecule has 0 amide bonds. The minimum absolute atomic E-state index is 0.0225. The first-order chi connectivity index (χ1) is 12.4. The molecular formula is C19H10F2N4O. The molecule has 3 N–H and O–H groups in total. The summed E-state index contributed by atoms with van der Waals surface area (Å²) < 4.78 is 26.8. The van der Waals surface area contributed by atoms with Gasteiger partial charge in [-0.2, -0.15) is 10.5 Å². The fourth-order valence-corrected chi connectivity index (χ4v) is 2.68. The topological polar surface area (TPSA) is 106 Å². The first-order valence-corrected chi connectivity index (χ1v) is 7.37. The van der Waals surface area contributed by atoms with Crippen molar-refractivity contribution in [2.75, 3.05) is 5.73 Å². The molecule has 2 aromatic carbocycles. The minimum Gasteiger partial charge on any atom is -0.384 e. The molecule has 1 heterocycles. The predicted octanol–water partition coefficient (Wildman–Crippen LogP) is 3.31.